The largest absolute Gasteiger partial charge is 0.473 e. The van der Waals surface area contributed by atoms with Crippen molar-refractivity contribution >= 4 is 21.7 Å². The highest BCUT2D eigenvalue weighted by Gasteiger charge is 2.42. The van der Waals surface area contributed by atoms with Gasteiger partial charge >= 0.3 is 0 Å². The molecular weight excluding hydrogens is 530 g/mol. The quantitative estimate of drug-likeness (QED) is 0.459. The van der Waals surface area contributed by atoms with E-state index in [0.717, 1.165) is 18.8 Å². The summed E-state index contributed by atoms with van der Waals surface area (Å²) in [7, 11) is -2.50. The second-order valence-electron chi connectivity index (χ2n) is 12.4. The number of ether oxygens (including phenoxy) is 1. The van der Waals surface area contributed by atoms with Crippen molar-refractivity contribution in [3.63, 3.8) is 0 Å². The van der Waals surface area contributed by atoms with Crippen molar-refractivity contribution in [2.75, 3.05) is 11.4 Å². The number of nitrogens with zero attached hydrogens (tertiary/aromatic N) is 6. The number of carbonyl (C=O) groups excluding carboxylic acids is 1. The van der Waals surface area contributed by atoms with Crippen LogP contribution >= 0.6 is 0 Å². The van der Waals surface area contributed by atoms with Crippen LogP contribution in [0, 0.1) is 24.7 Å². The third-order valence-corrected chi connectivity index (χ3v) is 10.1. The molecule has 2 bridgehead atoms. The minimum absolute atomic E-state index is 0.0378. The zero-order valence-electron chi connectivity index (χ0n) is 23.7. The standard InChI is InChI=1S/C28H37N7O4S/c1-17-14-28(3,4)34(15-17)26-21(27(36)32-40(37,38)23-16-33(5)30-18(23)2)8-9-24(29-26)35-11-10-25(31-35)39-22-13-19-6-7-20(22)12-19/h8-11,16-17,19-20,22H,6-7,12-15H2,1-5H3,(H,32,36)/t17-,19-,20-,22-/m0/s1. The Balaban J connectivity index is 1.31. The second kappa shape index (κ2) is 9.60. The lowest BCUT2D eigenvalue weighted by Gasteiger charge is -2.34. The van der Waals surface area contributed by atoms with Gasteiger partial charge < -0.3 is 9.64 Å². The van der Waals surface area contributed by atoms with Crippen LogP contribution in [0.4, 0.5) is 5.82 Å². The van der Waals surface area contributed by atoms with E-state index < -0.39 is 15.9 Å². The van der Waals surface area contributed by atoms with Crippen LogP contribution in [0.15, 0.2) is 35.5 Å². The fraction of sp³-hybridized carbons (Fsp3) is 0.571. The molecule has 1 saturated heterocycles. The monoisotopic (exact) mass is 567 g/mol. The first-order chi connectivity index (χ1) is 18.9. The van der Waals surface area contributed by atoms with E-state index in [-0.39, 0.29) is 22.1 Å². The fourth-order valence-corrected chi connectivity index (χ4v) is 8.15. The summed E-state index contributed by atoms with van der Waals surface area (Å²) >= 11 is 0. The maximum absolute atomic E-state index is 13.5. The van der Waals surface area contributed by atoms with Crippen LogP contribution in [0.5, 0.6) is 5.88 Å². The molecular formula is C28H37N7O4S. The molecule has 4 atom stereocenters. The third-order valence-electron chi connectivity index (χ3n) is 8.66. The molecule has 1 N–H and O–H groups in total. The Kier molecular flexibility index (Phi) is 6.43. The van der Waals surface area contributed by atoms with Gasteiger partial charge in [0.1, 0.15) is 16.8 Å². The second-order valence-corrected chi connectivity index (χ2v) is 14.0. The minimum Gasteiger partial charge on any atom is -0.473 e. The molecule has 2 saturated carbocycles. The van der Waals surface area contributed by atoms with Crippen LogP contribution in [0.25, 0.3) is 5.82 Å². The molecule has 4 heterocycles. The lowest BCUT2D eigenvalue weighted by molar-refractivity contribution is 0.0981. The summed E-state index contributed by atoms with van der Waals surface area (Å²) in [5, 5.41) is 8.74. The van der Waals surface area contributed by atoms with E-state index in [2.05, 4.69) is 40.6 Å². The van der Waals surface area contributed by atoms with E-state index in [1.54, 1.807) is 30.8 Å². The van der Waals surface area contributed by atoms with Crippen molar-refractivity contribution in [3.8, 4) is 11.7 Å². The van der Waals surface area contributed by atoms with E-state index in [9.17, 15) is 13.2 Å². The number of hydrogen-bond acceptors (Lipinski definition) is 8. The van der Waals surface area contributed by atoms with E-state index >= 15 is 0 Å². The van der Waals surface area contributed by atoms with Gasteiger partial charge in [0.15, 0.2) is 5.82 Å². The summed E-state index contributed by atoms with van der Waals surface area (Å²) in [6.45, 7) is 8.66. The molecule has 3 aromatic rings. The number of fused-ring (bicyclic) bond motifs is 2. The predicted molar refractivity (Wildman–Crippen MR) is 149 cm³/mol. The minimum atomic E-state index is -4.13. The van der Waals surface area contributed by atoms with Crippen molar-refractivity contribution in [1.29, 1.82) is 0 Å². The van der Waals surface area contributed by atoms with Gasteiger partial charge in [-0.1, -0.05) is 6.92 Å². The highest BCUT2D eigenvalue weighted by Crippen LogP contribution is 2.46. The summed E-state index contributed by atoms with van der Waals surface area (Å²) in [6, 6.07) is 5.15. The first kappa shape index (κ1) is 26.8. The van der Waals surface area contributed by atoms with Gasteiger partial charge in [-0.2, -0.15) is 5.10 Å². The van der Waals surface area contributed by atoms with E-state index in [1.165, 1.54) is 30.1 Å². The zero-order valence-corrected chi connectivity index (χ0v) is 24.5. The molecule has 0 unspecified atom stereocenters. The molecule has 3 aromatic heterocycles. The smallest absolute Gasteiger partial charge is 0.268 e. The first-order valence-corrected chi connectivity index (χ1v) is 15.5. The van der Waals surface area contributed by atoms with Gasteiger partial charge in [-0.25, -0.2) is 22.8 Å². The Morgan fingerprint density at radius 2 is 1.95 bits per heavy atom. The average molecular weight is 568 g/mol. The number of pyridine rings is 1. The normalized spacial score (nSPS) is 25.5. The maximum atomic E-state index is 13.5. The van der Waals surface area contributed by atoms with Crippen molar-refractivity contribution < 1.29 is 17.9 Å². The number of anilines is 1. The number of aryl methyl sites for hydroxylation is 2. The van der Waals surface area contributed by atoms with Gasteiger partial charge in [-0.3, -0.25) is 9.48 Å². The lowest BCUT2D eigenvalue weighted by atomic mass is 9.97. The van der Waals surface area contributed by atoms with Gasteiger partial charge in [-0.15, -0.1) is 5.10 Å². The maximum Gasteiger partial charge on any atom is 0.268 e. The summed E-state index contributed by atoms with van der Waals surface area (Å²) in [6.07, 6.45) is 9.19. The number of aromatic nitrogens is 5. The van der Waals surface area contributed by atoms with Crippen molar-refractivity contribution in [3.05, 3.63) is 41.9 Å². The predicted octanol–water partition coefficient (Wildman–Crippen LogP) is 3.62. The highest BCUT2D eigenvalue weighted by molar-refractivity contribution is 7.90. The van der Waals surface area contributed by atoms with Crippen LogP contribution in [0.3, 0.4) is 0 Å². The number of rotatable bonds is 7. The number of sulfonamides is 1. The Labute approximate surface area is 235 Å². The molecule has 0 aromatic carbocycles. The van der Waals surface area contributed by atoms with Crippen LogP contribution in [0.1, 0.15) is 68.9 Å². The van der Waals surface area contributed by atoms with Gasteiger partial charge in [-0.05, 0) is 82.8 Å². The van der Waals surface area contributed by atoms with E-state index in [0.29, 0.717) is 41.6 Å². The Bertz CT molecular complexity index is 1560. The summed E-state index contributed by atoms with van der Waals surface area (Å²) in [4.78, 5) is 20.4. The zero-order chi connectivity index (χ0) is 28.4. The van der Waals surface area contributed by atoms with Gasteiger partial charge in [0.05, 0.1) is 11.3 Å². The molecule has 3 aliphatic rings. The van der Waals surface area contributed by atoms with Gasteiger partial charge in [0, 0.05) is 37.6 Å². The number of hydrogen-bond donors (Lipinski definition) is 1. The first-order valence-electron chi connectivity index (χ1n) is 14.0. The van der Waals surface area contributed by atoms with Crippen molar-refractivity contribution in [1.82, 2.24) is 29.3 Å². The summed E-state index contributed by atoms with van der Waals surface area (Å²) < 4.78 is 37.7. The number of nitrogens with one attached hydrogen (secondary N) is 1. The van der Waals surface area contributed by atoms with Crippen LogP contribution < -0.4 is 14.4 Å². The molecule has 3 fully saturated rings. The average Bonchev–Trinajstić information content (AvgIpc) is 3.69. The fourth-order valence-electron chi connectivity index (χ4n) is 6.97. The summed E-state index contributed by atoms with van der Waals surface area (Å²) in [5.41, 5.74) is 0.216. The number of carbonyl (C=O) groups is 1. The molecule has 0 radical (unpaired) electrons. The lowest BCUT2D eigenvalue weighted by Crippen LogP contribution is -2.41. The van der Waals surface area contributed by atoms with E-state index in [4.69, 9.17) is 9.72 Å². The molecule has 1 aliphatic heterocycles. The molecule has 0 spiro atoms. The molecule has 40 heavy (non-hydrogen) atoms. The topological polar surface area (TPSA) is 124 Å². The molecule has 1 amide bonds. The van der Waals surface area contributed by atoms with Crippen LogP contribution in [-0.2, 0) is 17.1 Å². The van der Waals surface area contributed by atoms with Gasteiger partial charge in [0.2, 0.25) is 5.88 Å². The molecule has 12 heteroatoms. The van der Waals surface area contributed by atoms with E-state index in [1.807, 2.05) is 12.3 Å². The van der Waals surface area contributed by atoms with Crippen molar-refractivity contribution in [2.24, 2.45) is 24.8 Å². The van der Waals surface area contributed by atoms with Crippen LogP contribution in [-0.4, -0.2) is 57.1 Å². The molecule has 2 aliphatic carbocycles. The van der Waals surface area contributed by atoms with Crippen LogP contribution in [0.2, 0.25) is 0 Å². The Morgan fingerprint density at radius 1 is 1.15 bits per heavy atom. The summed E-state index contributed by atoms with van der Waals surface area (Å²) in [5.74, 6) is 2.54. The number of amides is 1. The highest BCUT2D eigenvalue weighted by atomic mass is 32.2. The molecule has 11 nitrogen and oxygen atoms in total. The van der Waals surface area contributed by atoms with Gasteiger partial charge in [0.25, 0.3) is 15.9 Å². The van der Waals surface area contributed by atoms with Crippen molar-refractivity contribution in [2.45, 2.75) is 76.3 Å². The molecule has 6 rings (SSSR count). The Morgan fingerprint density at radius 3 is 2.58 bits per heavy atom. The Hall–Kier alpha value is -3.41. The molecule has 214 valence electrons. The SMILES string of the molecule is Cc1nn(C)cc1S(=O)(=O)NC(=O)c1ccc(-n2ccc(O[C@H]3C[C@H]4CC[C@H]3C4)n2)nc1N1C[C@@H](C)CC1(C)C. The third kappa shape index (κ3) is 4.86.